The molecule has 3 rings (SSSR count). The van der Waals surface area contributed by atoms with Gasteiger partial charge in [0.25, 0.3) is 0 Å². The molecule has 3 aromatic rings. The number of hydrogen-bond acceptors (Lipinski definition) is 4. The number of rotatable bonds is 3. The minimum atomic E-state index is -1.88. The van der Waals surface area contributed by atoms with Crippen molar-refractivity contribution in [3.8, 4) is 0 Å². The minimum absolute atomic E-state index is 1.37. The van der Waals surface area contributed by atoms with E-state index in [0.29, 0.717) is 0 Å². The van der Waals surface area contributed by atoms with Gasteiger partial charge in [-0.3, -0.25) is 0 Å². The van der Waals surface area contributed by atoms with Gasteiger partial charge in [0.2, 0.25) is 0 Å². The van der Waals surface area contributed by atoms with E-state index < -0.39 is 6.04 Å². The minimum Gasteiger partial charge on any atom is -0.148 e. The first-order valence-electron chi connectivity index (χ1n) is 6.29. The third kappa shape index (κ3) is 2.18. The number of hydrogen-bond donors (Lipinski definition) is 0. The summed E-state index contributed by atoms with van der Waals surface area (Å²) in [6.45, 7) is 6.60. The molecule has 0 aromatic carbocycles. The molecule has 0 unspecified atom stereocenters. The van der Waals surface area contributed by atoms with Gasteiger partial charge in [0, 0.05) is 36.6 Å². The summed E-state index contributed by atoms with van der Waals surface area (Å²) in [5.41, 5.74) is 0. The zero-order valence-electron chi connectivity index (χ0n) is 11.5. The molecule has 3 heterocycles. The van der Waals surface area contributed by atoms with Crippen LogP contribution in [0, 0.1) is 20.8 Å². The molecule has 0 aliphatic heterocycles. The molecule has 0 radical (unpaired) electrons. The van der Waals surface area contributed by atoms with Crippen LogP contribution < -0.4 is 15.9 Å². The molecule has 3 aromatic heterocycles. The van der Waals surface area contributed by atoms with Crippen LogP contribution in [0.4, 0.5) is 0 Å². The van der Waals surface area contributed by atoms with Crippen molar-refractivity contribution in [2.75, 3.05) is 0 Å². The molecule has 20 heavy (non-hydrogen) atoms. The Bertz CT molecular complexity index is 685. The van der Waals surface area contributed by atoms with E-state index in [1.54, 1.807) is 34.0 Å². The summed E-state index contributed by atoms with van der Waals surface area (Å²) < 4.78 is 0. The molecule has 0 spiro atoms. The summed E-state index contributed by atoms with van der Waals surface area (Å²) >= 11 is 11.8. The normalized spacial score (nSPS) is 11.9. The molecule has 0 N–H and O–H groups in total. The summed E-state index contributed by atoms with van der Waals surface area (Å²) in [6, 6.07) is 4.85. The van der Waals surface area contributed by atoms with Gasteiger partial charge in [-0.2, -0.15) is 0 Å². The van der Waals surface area contributed by atoms with Crippen LogP contribution in [-0.2, 0) is 11.8 Å². The van der Waals surface area contributed by atoms with Crippen molar-refractivity contribution in [2.45, 2.75) is 20.8 Å². The van der Waals surface area contributed by atoms with E-state index in [9.17, 15) is 0 Å². The Kier molecular flexibility index (Phi) is 4.04. The van der Waals surface area contributed by atoms with Crippen molar-refractivity contribution in [3.63, 3.8) is 0 Å². The van der Waals surface area contributed by atoms with Gasteiger partial charge in [-0.25, -0.2) is 0 Å². The predicted octanol–water partition coefficient (Wildman–Crippen LogP) is 4.55. The molecule has 0 saturated heterocycles. The third-order valence-electron chi connectivity index (χ3n) is 3.51. The molecule has 0 bridgehead atoms. The lowest BCUT2D eigenvalue weighted by atomic mass is 10.5. The van der Waals surface area contributed by atoms with Crippen molar-refractivity contribution >= 4 is 67.8 Å². The topological polar surface area (TPSA) is 0 Å². The summed E-state index contributed by atoms with van der Waals surface area (Å²) in [4.78, 5) is 4.10. The van der Waals surface area contributed by atoms with E-state index in [2.05, 4.69) is 55.1 Å². The van der Waals surface area contributed by atoms with E-state index >= 15 is 0 Å². The van der Waals surface area contributed by atoms with Crippen LogP contribution in [0.3, 0.4) is 0 Å². The van der Waals surface area contributed by atoms with E-state index in [0.717, 1.165) is 0 Å². The zero-order chi connectivity index (χ0) is 14.3. The average molecular weight is 355 g/mol. The molecular weight excluding hydrogens is 339 g/mol. The second-order valence-corrected chi connectivity index (χ2v) is 12.4. The monoisotopic (exact) mass is 354 g/mol. The number of thiophene rings is 3. The summed E-state index contributed by atoms with van der Waals surface area (Å²) in [7, 11) is 0. The van der Waals surface area contributed by atoms with Gasteiger partial charge in [0.15, 0.2) is 0 Å². The van der Waals surface area contributed by atoms with Gasteiger partial charge >= 0.3 is 0 Å². The third-order valence-corrected chi connectivity index (χ3v) is 11.8. The Hall–Kier alpha value is -0.250. The Balaban J connectivity index is 2.36. The van der Waals surface area contributed by atoms with Gasteiger partial charge in [-0.1, -0.05) is 11.8 Å². The van der Waals surface area contributed by atoms with Crippen LogP contribution in [0.1, 0.15) is 14.6 Å². The summed E-state index contributed by atoms with van der Waals surface area (Å²) in [6.07, 6.45) is 0. The highest BCUT2D eigenvalue weighted by Crippen LogP contribution is 2.47. The fourth-order valence-corrected chi connectivity index (χ4v) is 11.6. The quantitative estimate of drug-likeness (QED) is 0.622. The largest absolute Gasteiger partial charge is 0.148 e. The van der Waals surface area contributed by atoms with E-state index in [1.807, 2.05) is 0 Å². The van der Waals surface area contributed by atoms with Gasteiger partial charge < -0.3 is 0 Å². The molecule has 0 saturated carbocycles. The Labute approximate surface area is 137 Å². The molecule has 0 amide bonds. The zero-order valence-corrected chi connectivity index (χ0v) is 15.7. The second-order valence-electron chi connectivity index (χ2n) is 4.70. The Morgan fingerprint density at radius 3 is 1.20 bits per heavy atom. The fourth-order valence-electron chi connectivity index (χ4n) is 2.50. The van der Waals surface area contributed by atoms with E-state index in [1.165, 1.54) is 30.5 Å². The Morgan fingerprint density at radius 1 is 0.700 bits per heavy atom. The molecule has 0 atom stereocenters. The van der Waals surface area contributed by atoms with Gasteiger partial charge in [-0.15, -0.1) is 34.0 Å². The van der Waals surface area contributed by atoms with Crippen LogP contribution in [0.2, 0.25) is 0 Å². The van der Waals surface area contributed by atoms with Crippen LogP contribution in [0.25, 0.3) is 0 Å². The highest BCUT2D eigenvalue weighted by Gasteiger charge is 2.30. The standard InChI is InChI=1S/C15H15PS4/c1-10-13(4-7-18-10)16(17,14-5-8-19-11(14)2)15-6-9-20-12(15)3/h4-9H,1-3H3. The van der Waals surface area contributed by atoms with Crippen LogP contribution >= 0.6 is 40.0 Å². The summed E-state index contributed by atoms with van der Waals surface area (Å²) in [5.74, 6) is 0. The van der Waals surface area contributed by atoms with Crippen LogP contribution in [0.15, 0.2) is 34.3 Å². The first-order chi connectivity index (χ1) is 9.55. The van der Waals surface area contributed by atoms with Crippen molar-refractivity contribution in [2.24, 2.45) is 0 Å². The first kappa shape index (κ1) is 14.7. The smallest absolute Gasteiger partial charge is 0.0411 e. The van der Waals surface area contributed by atoms with Crippen LogP contribution in [-0.4, -0.2) is 0 Å². The second kappa shape index (κ2) is 5.51. The SMILES string of the molecule is Cc1sccc1P(=S)(c1ccsc1C)c1ccsc1C. The first-order valence-corrected chi connectivity index (χ1v) is 11.7. The maximum atomic E-state index is 6.36. The van der Waals surface area contributed by atoms with E-state index in [-0.39, 0.29) is 0 Å². The highest BCUT2D eigenvalue weighted by molar-refractivity contribution is 8.25. The van der Waals surface area contributed by atoms with Crippen LogP contribution in [0.5, 0.6) is 0 Å². The lowest BCUT2D eigenvalue weighted by Crippen LogP contribution is -2.25. The average Bonchev–Trinajstić information content (AvgIpc) is 3.10. The van der Waals surface area contributed by atoms with Gasteiger partial charge in [0.05, 0.1) is 0 Å². The van der Waals surface area contributed by atoms with Gasteiger partial charge in [0.1, 0.15) is 0 Å². The fraction of sp³-hybridized carbons (Fsp3) is 0.200. The lowest BCUT2D eigenvalue weighted by Gasteiger charge is -2.23. The van der Waals surface area contributed by atoms with Crippen molar-refractivity contribution in [1.29, 1.82) is 0 Å². The molecule has 104 valence electrons. The maximum absolute atomic E-state index is 6.36. The Morgan fingerprint density at radius 2 is 1.00 bits per heavy atom. The van der Waals surface area contributed by atoms with Crippen molar-refractivity contribution < 1.29 is 0 Å². The maximum Gasteiger partial charge on any atom is 0.0411 e. The molecule has 5 heteroatoms. The molecule has 0 nitrogen and oxygen atoms in total. The predicted molar refractivity (Wildman–Crippen MR) is 100 cm³/mol. The summed E-state index contributed by atoms with van der Waals surface area (Å²) in [5, 5.41) is 10.7. The molecule has 0 aliphatic carbocycles. The molecule has 0 aliphatic rings. The molecule has 0 fully saturated rings. The number of aryl methyl sites for hydroxylation is 3. The van der Waals surface area contributed by atoms with Crippen molar-refractivity contribution in [3.05, 3.63) is 49.0 Å². The highest BCUT2D eigenvalue weighted by atomic mass is 32.4. The molecular formula is C15H15PS4. The van der Waals surface area contributed by atoms with Crippen molar-refractivity contribution in [1.82, 2.24) is 0 Å². The van der Waals surface area contributed by atoms with E-state index in [4.69, 9.17) is 11.8 Å². The lowest BCUT2D eigenvalue weighted by molar-refractivity contribution is 1.66. The van der Waals surface area contributed by atoms with Gasteiger partial charge in [-0.05, 0) is 55.1 Å².